The maximum Gasteiger partial charge on any atom is 0.261 e. The minimum Gasteiger partial charge on any atom is -0.341 e. The van der Waals surface area contributed by atoms with Gasteiger partial charge in [0.1, 0.15) is 0 Å². The Hall–Kier alpha value is -2.70. The first-order valence-electron chi connectivity index (χ1n) is 9.53. The molecule has 7 heteroatoms. The zero-order valence-corrected chi connectivity index (χ0v) is 15.6. The number of hydrogen-bond donors (Lipinski definition) is 0. The normalized spacial score (nSPS) is 17.1. The van der Waals surface area contributed by atoms with Gasteiger partial charge in [-0.05, 0) is 25.0 Å². The molecule has 0 bridgehead atoms. The number of hydrogen-bond acceptors (Lipinski definition) is 4. The molecule has 0 radical (unpaired) electrons. The summed E-state index contributed by atoms with van der Waals surface area (Å²) in [6.45, 7) is 4.36. The first-order chi connectivity index (χ1) is 13.0. The SMILES string of the molecule is CCCC(=O)N1CCCN(C(=O)CCN2C(=O)c3ccccc3C2=O)CC1. The molecule has 0 aliphatic carbocycles. The molecule has 27 heavy (non-hydrogen) atoms. The molecule has 0 N–H and O–H groups in total. The third kappa shape index (κ3) is 4.02. The van der Waals surface area contributed by atoms with Gasteiger partial charge in [0.05, 0.1) is 11.1 Å². The smallest absolute Gasteiger partial charge is 0.261 e. The zero-order chi connectivity index (χ0) is 19.4. The third-order valence-corrected chi connectivity index (χ3v) is 5.09. The van der Waals surface area contributed by atoms with Gasteiger partial charge in [0.2, 0.25) is 11.8 Å². The lowest BCUT2D eigenvalue weighted by Crippen LogP contribution is -2.39. The molecule has 1 aromatic rings. The average molecular weight is 371 g/mol. The van der Waals surface area contributed by atoms with Crippen molar-refractivity contribution >= 4 is 23.6 Å². The first-order valence-corrected chi connectivity index (χ1v) is 9.53. The molecule has 1 fully saturated rings. The van der Waals surface area contributed by atoms with Crippen LogP contribution in [0.25, 0.3) is 0 Å². The van der Waals surface area contributed by atoms with Crippen LogP contribution in [-0.4, -0.2) is 71.1 Å². The minimum atomic E-state index is -0.337. The zero-order valence-electron chi connectivity index (χ0n) is 15.6. The van der Waals surface area contributed by atoms with E-state index < -0.39 is 0 Å². The molecule has 144 valence electrons. The topological polar surface area (TPSA) is 78.0 Å². The summed E-state index contributed by atoms with van der Waals surface area (Å²) in [4.78, 5) is 54.1. The molecule has 7 nitrogen and oxygen atoms in total. The van der Waals surface area contributed by atoms with E-state index in [1.807, 2.05) is 11.8 Å². The van der Waals surface area contributed by atoms with Gasteiger partial charge in [0.25, 0.3) is 11.8 Å². The van der Waals surface area contributed by atoms with Crippen LogP contribution in [-0.2, 0) is 9.59 Å². The van der Waals surface area contributed by atoms with Crippen LogP contribution in [0.5, 0.6) is 0 Å². The van der Waals surface area contributed by atoms with Gasteiger partial charge >= 0.3 is 0 Å². The summed E-state index contributed by atoms with van der Waals surface area (Å²) in [6, 6.07) is 6.71. The van der Waals surface area contributed by atoms with Crippen molar-refractivity contribution in [2.45, 2.75) is 32.6 Å². The van der Waals surface area contributed by atoms with Crippen molar-refractivity contribution < 1.29 is 19.2 Å². The Morgan fingerprint density at radius 1 is 0.852 bits per heavy atom. The summed E-state index contributed by atoms with van der Waals surface area (Å²) >= 11 is 0. The fraction of sp³-hybridized carbons (Fsp3) is 0.500. The Labute approximate surface area is 158 Å². The predicted octanol–water partition coefficient (Wildman–Crippen LogP) is 1.53. The average Bonchev–Trinajstić information content (AvgIpc) is 2.85. The van der Waals surface area contributed by atoms with E-state index in [1.165, 1.54) is 0 Å². The highest BCUT2D eigenvalue weighted by Crippen LogP contribution is 2.22. The number of fused-ring (bicyclic) bond motifs is 1. The number of carbonyl (C=O) groups excluding carboxylic acids is 4. The summed E-state index contributed by atoms with van der Waals surface area (Å²) in [7, 11) is 0. The van der Waals surface area contributed by atoms with Crippen LogP contribution < -0.4 is 0 Å². The van der Waals surface area contributed by atoms with Crippen molar-refractivity contribution in [3.05, 3.63) is 35.4 Å². The molecule has 1 aromatic carbocycles. The van der Waals surface area contributed by atoms with Gasteiger partial charge in [-0.1, -0.05) is 19.1 Å². The molecule has 1 saturated heterocycles. The Bertz CT molecular complexity index is 726. The second kappa shape index (κ2) is 8.33. The molecule has 2 heterocycles. The number of benzene rings is 1. The van der Waals surface area contributed by atoms with Crippen molar-refractivity contribution in [1.82, 2.24) is 14.7 Å². The fourth-order valence-electron chi connectivity index (χ4n) is 3.60. The third-order valence-electron chi connectivity index (χ3n) is 5.09. The lowest BCUT2D eigenvalue weighted by Gasteiger charge is -2.23. The maximum atomic E-state index is 12.6. The van der Waals surface area contributed by atoms with Crippen LogP contribution >= 0.6 is 0 Å². The van der Waals surface area contributed by atoms with Crippen LogP contribution in [0.15, 0.2) is 24.3 Å². The van der Waals surface area contributed by atoms with E-state index in [-0.39, 0.29) is 36.6 Å². The van der Waals surface area contributed by atoms with E-state index in [4.69, 9.17) is 0 Å². The van der Waals surface area contributed by atoms with Gasteiger partial charge in [-0.2, -0.15) is 0 Å². The van der Waals surface area contributed by atoms with Crippen molar-refractivity contribution in [1.29, 1.82) is 0 Å². The van der Waals surface area contributed by atoms with Crippen LogP contribution in [0.2, 0.25) is 0 Å². The van der Waals surface area contributed by atoms with Gasteiger partial charge in [-0.15, -0.1) is 0 Å². The summed E-state index contributed by atoms with van der Waals surface area (Å²) in [5.74, 6) is -0.625. The number of amides is 4. The summed E-state index contributed by atoms with van der Waals surface area (Å²) < 4.78 is 0. The predicted molar refractivity (Wildman–Crippen MR) is 99.1 cm³/mol. The molecule has 0 saturated carbocycles. The van der Waals surface area contributed by atoms with E-state index in [1.54, 1.807) is 29.2 Å². The van der Waals surface area contributed by atoms with Gasteiger partial charge in [0.15, 0.2) is 0 Å². The van der Waals surface area contributed by atoms with Crippen molar-refractivity contribution in [3.8, 4) is 0 Å². The van der Waals surface area contributed by atoms with Crippen molar-refractivity contribution in [2.75, 3.05) is 32.7 Å². The molecule has 3 rings (SSSR count). The lowest BCUT2D eigenvalue weighted by atomic mass is 10.1. The van der Waals surface area contributed by atoms with E-state index >= 15 is 0 Å². The van der Waals surface area contributed by atoms with Gasteiger partial charge in [0, 0.05) is 45.6 Å². The highest BCUT2D eigenvalue weighted by molar-refractivity contribution is 6.21. The number of nitrogens with zero attached hydrogens (tertiary/aromatic N) is 3. The van der Waals surface area contributed by atoms with Crippen LogP contribution in [0, 0.1) is 0 Å². The Morgan fingerprint density at radius 2 is 1.37 bits per heavy atom. The quantitative estimate of drug-likeness (QED) is 0.736. The van der Waals surface area contributed by atoms with Crippen molar-refractivity contribution in [2.24, 2.45) is 0 Å². The van der Waals surface area contributed by atoms with Crippen LogP contribution in [0.4, 0.5) is 0 Å². The molecule has 0 unspecified atom stereocenters. The lowest BCUT2D eigenvalue weighted by molar-refractivity contribution is -0.133. The molecular formula is C20H25N3O4. The molecule has 4 amide bonds. The summed E-state index contributed by atoms with van der Waals surface area (Å²) in [5.41, 5.74) is 0.796. The second-order valence-electron chi connectivity index (χ2n) is 6.92. The van der Waals surface area contributed by atoms with Crippen molar-refractivity contribution in [3.63, 3.8) is 0 Å². The minimum absolute atomic E-state index is 0.0835. The Kier molecular flexibility index (Phi) is 5.88. The molecule has 0 spiro atoms. The first kappa shape index (κ1) is 19.1. The summed E-state index contributed by atoms with van der Waals surface area (Å²) in [6.07, 6.45) is 2.20. The van der Waals surface area contributed by atoms with Crippen LogP contribution in [0.1, 0.15) is 53.3 Å². The standard InChI is InChI=1S/C20H25N3O4/c1-2-6-17(24)21-10-5-11-22(14-13-21)18(25)9-12-23-19(26)15-7-3-4-8-16(15)20(23)27/h3-4,7-8H,2,5-6,9-14H2,1H3. The maximum absolute atomic E-state index is 12.6. The molecule has 0 atom stereocenters. The second-order valence-corrected chi connectivity index (χ2v) is 6.92. The van der Waals surface area contributed by atoms with E-state index in [2.05, 4.69) is 0 Å². The Balaban J connectivity index is 1.54. The monoisotopic (exact) mass is 371 g/mol. The van der Waals surface area contributed by atoms with E-state index in [9.17, 15) is 19.2 Å². The van der Waals surface area contributed by atoms with E-state index in [0.29, 0.717) is 43.7 Å². The van der Waals surface area contributed by atoms with Gasteiger partial charge < -0.3 is 9.80 Å². The molecule has 2 aliphatic rings. The van der Waals surface area contributed by atoms with Gasteiger partial charge in [-0.3, -0.25) is 24.1 Å². The van der Waals surface area contributed by atoms with Crippen LogP contribution in [0.3, 0.4) is 0 Å². The molecular weight excluding hydrogens is 346 g/mol. The largest absolute Gasteiger partial charge is 0.341 e. The molecule has 2 aliphatic heterocycles. The number of imide groups is 1. The Morgan fingerprint density at radius 3 is 1.89 bits per heavy atom. The highest BCUT2D eigenvalue weighted by Gasteiger charge is 2.35. The van der Waals surface area contributed by atoms with Gasteiger partial charge in [-0.25, -0.2) is 0 Å². The number of rotatable bonds is 5. The highest BCUT2D eigenvalue weighted by atomic mass is 16.2. The van der Waals surface area contributed by atoms with E-state index in [0.717, 1.165) is 17.7 Å². The number of carbonyl (C=O) groups is 4. The fourth-order valence-corrected chi connectivity index (χ4v) is 3.60. The summed E-state index contributed by atoms with van der Waals surface area (Å²) in [5, 5.41) is 0. The molecule has 0 aromatic heterocycles.